The van der Waals surface area contributed by atoms with Crippen LogP contribution in [-0.2, 0) is 0 Å². The quantitative estimate of drug-likeness (QED) is 0.838. The van der Waals surface area contributed by atoms with Crippen LogP contribution in [0.1, 0.15) is 34.8 Å². The molecular formula is C19H25Cl2FN4O. The van der Waals surface area contributed by atoms with Gasteiger partial charge in [-0.15, -0.1) is 24.8 Å². The minimum Gasteiger partial charge on any atom is -0.332 e. The van der Waals surface area contributed by atoms with E-state index in [2.05, 4.69) is 9.88 Å². The fourth-order valence-electron chi connectivity index (χ4n) is 3.62. The molecule has 2 aromatic rings. The second kappa shape index (κ2) is 8.69. The van der Waals surface area contributed by atoms with Crippen molar-refractivity contribution in [3.63, 3.8) is 0 Å². The van der Waals surface area contributed by atoms with E-state index in [9.17, 15) is 9.18 Å². The molecule has 4 rings (SSSR count). The summed E-state index contributed by atoms with van der Waals surface area (Å²) in [4.78, 5) is 22.0. The number of aromatic nitrogens is 1. The van der Waals surface area contributed by atoms with Crippen LogP contribution in [0.3, 0.4) is 0 Å². The number of fused-ring (bicyclic) bond motifs is 1. The van der Waals surface area contributed by atoms with Crippen LogP contribution in [0.15, 0.2) is 24.3 Å². The minimum atomic E-state index is -0.351. The van der Waals surface area contributed by atoms with E-state index in [1.165, 1.54) is 12.1 Å². The molecule has 2 fully saturated rings. The van der Waals surface area contributed by atoms with Crippen LogP contribution in [-0.4, -0.2) is 60.0 Å². The number of hydrogen-bond acceptors (Lipinski definition) is 4. The van der Waals surface area contributed by atoms with Gasteiger partial charge in [0, 0.05) is 43.2 Å². The number of carbonyl (C=O) groups excluding carboxylic acids is 1. The average Bonchev–Trinajstić information content (AvgIpc) is 3.45. The lowest BCUT2D eigenvalue weighted by Gasteiger charge is -2.39. The molecule has 1 aromatic heterocycles. The van der Waals surface area contributed by atoms with Gasteiger partial charge in [0.2, 0.25) is 0 Å². The molecule has 1 aliphatic heterocycles. The number of halogens is 3. The Labute approximate surface area is 170 Å². The number of likely N-dealkylation sites (N-methyl/N-ethyl adjacent to an activating group) is 1. The predicted octanol–water partition coefficient (Wildman–Crippen LogP) is 2.81. The summed E-state index contributed by atoms with van der Waals surface area (Å²) in [7, 11) is 2.03. The van der Waals surface area contributed by atoms with Crippen molar-refractivity contribution >= 4 is 41.6 Å². The highest BCUT2D eigenvalue weighted by atomic mass is 35.5. The van der Waals surface area contributed by atoms with Gasteiger partial charge in [0.1, 0.15) is 5.82 Å². The van der Waals surface area contributed by atoms with Gasteiger partial charge in [0.05, 0.1) is 17.1 Å². The Morgan fingerprint density at radius 2 is 2.00 bits per heavy atom. The molecule has 1 saturated heterocycles. The average molecular weight is 415 g/mol. The van der Waals surface area contributed by atoms with Crippen LogP contribution in [0.4, 0.5) is 4.39 Å². The van der Waals surface area contributed by atoms with Crippen LogP contribution >= 0.6 is 24.8 Å². The van der Waals surface area contributed by atoms with Crippen LogP contribution in [0.5, 0.6) is 0 Å². The Morgan fingerprint density at radius 1 is 1.26 bits per heavy atom. The zero-order valence-corrected chi connectivity index (χ0v) is 16.9. The van der Waals surface area contributed by atoms with Crippen molar-refractivity contribution in [1.82, 2.24) is 14.8 Å². The molecule has 2 heterocycles. The third kappa shape index (κ3) is 4.35. The van der Waals surface area contributed by atoms with Gasteiger partial charge in [-0.3, -0.25) is 9.78 Å². The summed E-state index contributed by atoms with van der Waals surface area (Å²) >= 11 is 0. The van der Waals surface area contributed by atoms with Crippen molar-refractivity contribution in [2.75, 3.05) is 33.2 Å². The molecule has 148 valence electrons. The number of amides is 1. The lowest BCUT2D eigenvalue weighted by atomic mass is 10.0. The summed E-state index contributed by atoms with van der Waals surface area (Å²) in [5.41, 5.74) is 8.09. The van der Waals surface area contributed by atoms with Crippen LogP contribution in [0, 0.1) is 5.82 Å². The standard InChI is InChI=1S/C19H23FN4O.2ClH/c1-23-6-7-24(14(10-21)11-23)19(25)16-9-18(12-2-3-12)22-17-5-4-13(20)8-15(16)17;;/h4-5,8-9,12,14H,2-3,6-7,10-11,21H2,1H3;2*1H. The lowest BCUT2D eigenvalue weighted by Crippen LogP contribution is -2.56. The number of carbonyl (C=O) groups is 1. The molecule has 2 N–H and O–H groups in total. The molecule has 0 spiro atoms. The fourth-order valence-corrected chi connectivity index (χ4v) is 3.62. The first-order chi connectivity index (χ1) is 12.1. The van der Waals surface area contributed by atoms with Crippen molar-refractivity contribution in [3.05, 3.63) is 41.3 Å². The smallest absolute Gasteiger partial charge is 0.254 e. The molecule has 8 heteroatoms. The summed E-state index contributed by atoms with van der Waals surface area (Å²) in [6.45, 7) is 2.63. The van der Waals surface area contributed by atoms with Crippen LogP contribution in [0.2, 0.25) is 0 Å². The van der Waals surface area contributed by atoms with Gasteiger partial charge in [-0.1, -0.05) is 0 Å². The third-order valence-corrected chi connectivity index (χ3v) is 5.24. The van der Waals surface area contributed by atoms with E-state index in [4.69, 9.17) is 5.73 Å². The highest BCUT2D eigenvalue weighted by Gasteiger charge is 2.32. The van der Waals surface area contributed by atoms with Crippen molar-refractivity contribution in [2.45, 2.75) is 24.8 Å². The maximum absolute atomic E-state index is 13.8. The molecule has 2 aliphatic rings. The summed E-state index contributed by atoms with van der Waals surface area (Å²) in [6.07, 6.45) is 2.21. The predicted molar refractivity (Wildman–Crippen MR) is 110 cm³/mol. The van der Waals surface area contributed by atoms with E-state index < -0.39 is 0 Å². The number of rotatable bonds is 3. The zero-order chi connectivity index (χ0) is 17.6. The minimum absolute atomic E-state index is 0. The highest BCUT2D eigenvalue weighted by Crippen LogP contribution is 2.40. The molecule has 1 aromatic carbocycles. The summed E-state index contributed by atoms with van der Waals surface area (Å²) < 4.78 is 13.8. The van der Waals surface area contributed by atoms with Crippen molar-refractivity contribution in [1.29, 1.82) is 0 Å². The van der Waals surface area contributed by atoms with E-state index in [1.54, 1.807) is 6.07 Å². The first kappa shape index (κ1) is 21.8. The largest absolute Gasteiger partial charge is 0.332 e. The summed E-state index contributed by atoms with van der Waals surface area (Å²) in [6, 6.07) is 6.33. The number of nitrogens with zero attached hydrogens (tertiary/aromatic N) is 3. The van der Waals surface area contributed by atoms with E-state index in [1.807, 2.05) is 18.0 Å². The van der Waals surface area contributed by atoms with Crippen LogP contribution in [0.25, 0.3) is 10.9 Å². The van der Waals surface area contributed by atoms with Crippen molar-refractivity contribution in [2.24, 2.45) is 5.73 Å². The van der Waals surface area contributed by atoms with Crippen molar-refractivity contribution in [3.8, 4) is 0 Å². The van der Waals surface area contributed by atoms with Gasteiger partial charge in [0.25, 0.3) is 5.91 Å². The maximum atomic E-state index is 13.8. The first-order valence-corrected chi connectivity index (χ1v) is 8.86. The normalized spacial score (nSPS) is 20.1. The highest BCUT2D eigenvalue weighted by molar-refractivity contribution is 6.06. The molecule has 5 nitrogen and oxygen atoms in total. The molecule has 1 aliphatic carbocycles. The van der Waals surface area contributed by atoms with Gasteiger partial charge >= 0.3 is 0 Å². The second-order valence-corrected chi connectivity index (χ2v) is 7.18. The van der Waals surface area contributed by atoms with Crippen LogP contribution < -0.4 is 5.73 Å². The number of pyridine rings is 1. The monoisotopic (exact) mass is 414 g/mol. The Morgan fingerprint density at radius 3 is 2.67 bits per heavy atom. The SMILES string of the molecule is CN1CCN(C(=O)c2cc(C3CC3)nc3ccc(F)cc23)C(CN)C1.Cl.Cl. The third-order valence-electron chi connectivity index (χ3n) is 5.24. The zero-order valence-electron chi connectivity index (χ0n) is 15.2. The number of nitrogens with two attached hydrogens (primary N) is 1. The Hall–Kier alpha value is -1.47. The van der Waals surface area contributed by atoms with Gasteiger partial charge in [-0.25, -0.2) is 4.39 Å². The first-order valence-electron chi connectivity index (χ1n) is 8.86. The topological polar surface area (TPSA) is 62.5 Å². The Bertz CT molecular complexity index is 831. The molecule has 1 amide bonds. The second-order valence-electron chi connectivity index (χ2n) is 7.18. The molecule has 1 saturated carbocycles. The van der Waals surface area contributed by atoms with Gasteiger partial charge in [0.15, 0.2) is 0 Å². The number of benzene rings is 1. The van der Waals surface area contributed by atoms with Gasteiger partial charge < -0.3 is 15.5 Å². The fraction of sp³-hybridized carbons (Fsp3) is 0.474. The molecule has 27 heavy (non-hydrogen) atoms. The number of piperazine rings is 1. The molecule has 1 unspecified atom stereocenters. The Balaban J connectivity index is 0.00000131. The van der Waals surface area contributed by atoms with Gasteiger partial charge in [-0.05, 0) is 44.2 Å². The Kier molecular flexibility index (Phi) is 7.03. The molecule has 0 bridgehead atoms. The molecular weight excluding hydrogens is 390 g/mol. The van der Waals surface area contributed by atoms with E-state index >= 15 is 0 Å². The molecule has 0 radical (unpaired) electrons. The van der Waals surface area contributed by atoms with Gasteiger partial charge in [-0.2, -0.15) is 0 Å². The lowest BCUT2D eigenvalue weighted by molar-refractivity contribution is 0.0518. The van der Waals surface area contributed by atoms with Crippen molar-refractivity contribution < 1.29 is 9.18 Å². The summed E-state index contributed by atoms with van der Waals surface area (Å²) in [5.74, 6) is 0.0125. The number of hydrogen-bond donors (Lipinski definition) is 1. The summed E-state index contributed by atoms with van der Waals surface area (Å²) in [5, 5.41) is 0.587. The van der Waals surface area contributed by atoms with E-state index in [0.29, 0.717) is 35.5 Å². The maximum Gasteiger partial charge on any atom is 0.254 e. The van der Waals surface area contributed by atoms with E-state index in [0.717, 1.165) is 31.6 Å². The van der Waals surface area contributed by atoms with E-state index in [-0.39, 0.29) is 42.6 Å². The molecule has 1 atom stereocenters.